The number of benzene rings is 1. The summed E-state index contributed by atoms with van der Waals surface area (Å²) in [6.45, 7) is 2.76. The van der Waals surface area contributed by atoms with Crippen molar-refractivity contribution in [2.24, 2.45) is 0 Å². The molecule has 1 atom stereocenters. The molecule has 0 saturated carbocycles. The zero-order chi connectivity index (χ0) is 17.2. The number of furan rings is 1. The van der Waals surface area contributed by atoms with Gasteiger partial charge in [-0.25, -0.2) is 0 Å². The van der Waals surface area contributed by atoms with Gasteiger partial charge >= 0.3 is 6.18 Å². The van der Waals surface area contributed by atoms with Gasteiger partial charge < -0.3 is 14.5 Å². The number of halogens is 3. The number of hydrogen-bond acceptors (Lipinski definition) is 4. The quantitative estimate of drug-likeness (QED) is 0.927. The number of hydrogen-bond donors (Lipinski definition) is 1. The molecule has 0 radical (unpaired) electrons. The van der Waals surface area contributed by atoms with Crippen LogP contribution in [0.4, 0.5) is 13.2 Å². The first-order valence-corrected chi connectivity index (χ1v) is 7.74. The van der Waals surface area contributed by atoms with Crippen LogP contribution in [-0.2, 0) is 6.18 Å². The molecule has 130 valence electrons. The normalized spacial score (nSPS) is 17.7. The van der Waals surface area contributed by atoms with Crippen LogP contribution in [0.1, 0.15) is 22.9 Å². The monoisotopic (exact) mass is 340 g/mol. The fourth-order valence-corrected chi connectivity index (χ4v) is 3.06. The van der Waals surface area contributed by atoms with Crippen molar-refractivity contribution in [3.63, 3.8) is 0 Å². The van der Waals surface area contributed by atoms with Crippen LogP contribution in [0.25, 0.3) is 0 Å². The van der Waals surface area contributed by atoms with Crippen LogP contribution >= 0.6 is 0 Å². The summed E-state index contributed by atoms with van der Waals surface area (Å²) in [4.78, 5) is 2.01. The van der Waals surface area contributed by atoms with Gasteiger partial charge in [-0.3, -0.25) is 4.90 Å². The smallest absolute Gasteiger partial charge is 0.416 e. The van der Waals surface area contributed by atoms with E-state index in [0.29, 0.717) is 18.8 Å². The van der Waals surface area contributed by atoms with E-state index in [0.717, 1.165) is 19.2 Å². The number of alkyl halides is 3. The third-order valence-corrected chi connectivity index (χ3v) is 4.19. The molecule has 0 unspecified atom stereocenters. The molecule has 2 heterocycles. The standard InChI is InChI=1S/C17H19F3N2O2/c1-23-12-4-5-13(14(11-12)17(18,19)20)16(15-3-2-10-24-15)22-8-6-21-7-9-22/h2-5,10-11,16,21H,6-9H2,1H3/t16-/m0/s1. The lowest BCUT2D eigenvalue weighted by molar-refractivity contribution is -0.138. The van der Waals surface area contributed by atoms with E-state index in [9.17, 15) is 13.2 Å². The summed E-state index contributed by atoms with van der Waals surface area (Å²) in [6.07, 6.45) is -2.98. The maximum atomic E-state index is 13.6. The summed E-state index contributed by atoms with van der Waals surface area (Å²) in [7, 11) is 1.36. The Morgan fingerprint density at radius 3 is 2.54 bits per heavy atom. The molecular formula is C17H19F3N2O2. The number of ether oxygens (including phenoxy) is 1. The van der Waals surface area contributed by atoms with E-state index in [1.807, 2.05) is 4.90 Å². The summed E-state index contributed by atoms with van der Waals surface area (Å²) in [6, 6.07) is 6.93. The maximum absolute atomic E-state index is 13.6. The van der Waals surface area contributed by atoms with Gasteiger partial charge in [0.1, 0.15) is 11.5 Å². The van der Waals surface area contributed by atoms with Crippen LogP contribution in [0.15, 0.2) is 41.0 Å². The minimum absolute atomic E-state index is 0.181. The third kappa shape index (κ3) is 3.42. The largest absolute Gasteiger partial charge is 0.497 e. The molecule has 4 nitrogen and oxygen atoms in total. The van der Waals surface area contributed by atoms with Crippen molar-refractivity contribution >= 4 is 0 Å². The molecule has 1 N–H and O–H groups in total. The van der Waals surface area contributed by atoms with Gasteiger partial charge in [-0.1, -0.05) is 6.07 Å². The highest BCUT2D eigenvalue weighted by Crippen LogP contribution is 2.40. The molecule has 0 amide bonds. The van der Waals surface area contributed by atoms with Crippen molar-refractivity contribution in [2.75, 3.05) is 33.3 Å². The fraction of sp³-hybridized carbons (Fsp3) is 0.412. The van der Waals surface area contributed by atoms with Gasteiger partial charge in [0.25, 0.3) is 0 Å². The Balaban J connectivity index is 2.10. The first kappa shape index (κ1) is 16.9. The van der Waals surface area contributed by atoms with E-state index >= 15 is 0 Å². The highest BCUT2D eigenvalue weighted by molar-refractivity contribution is 5.42. The van der Waals surface area contributed by atoms with Crippen LogP contribution in [0, 0.1) is 0 Å². The molecule has 24 heavy (non-hydrogen) atoms. The van der Waals surface area contributed by atoms with Gasteiger partial charge in [0.2, 0.25) is 0 Å². The number of piperazine rings is 1. The average molecular weight is 340 g/mol. The van der Waals surface area contributed by atoms with Crippen LogP contribution in [0.5, 0.6) is 5.75 Å². The van der Waals surface area contributed by atoms with E-state index in [4.69, 9.17) is 9.15 Å². The molecule has 3 rings (SSSR count). The van der Waals surface area contributed by atoms with Crippen molar-refractivity contribution in [1.82, 2.24) is 10.2 Å². The zero-order valence-electron chi connectivity index (χ0n) is 13.3. The Morgan fingerprint density at radius 2 is 1.96 bits per heavy atom. The molecule has 1 saturated heterocycles. The van der Waals surface area contributed by atoms with Crippen molar-refractivity contribution in [3.05, 3.63) is 53.5 Å². The highest BCUT2D eigenvalue weighted by atomic mass is 19.4. The summed E-state index contributed by atoms with van der Waals surface area (Å²) in [5.41, 5.74) is -0.512. The van der Waals surface area contributed by atoms with Crippen LogP contribution in [-0.4, -0.2) is 38.2 Å². The van der Waals surface area contributed by atoms with Gasteiger partial charge in [-0.2, -0.15) is 13.2 Å². The van der Waals surface area contributed by atoms with E-state index in [2.05, 4.69) is 5.32 Å². The summed E-state index contributed by atoms with van der Waals surface area (Å²) in [5.74, 6) is 0.692. The molecule has 1 fully saturated rings. The molecule has 1 aromatic heterocycles. The molecule has 1 aliphatic heterocycles. The molecule has 1 aromatic carbocycles. The number of nitrogens with one attached hydrogen (secondary N) is 1. The van der Waals surface area contributed by atoms with E-state index in [1.165, 1.54) is 19.4 Å². The van der Waals surface area contributed by atoms with Crippen molar-refractivity contribution in [3.8, 4) is 5.75 Å². The SMILES string of the molecule is COc1ccc([C@@H](c2ccco2)N2CCNCC2)c(C(F)(F)F)c1. The summed E-state index contributed by atoms with van der Waals surface area (Å²) < 4.78 is 51.3. The molecule has 0 spiro atoms. The van der Waals surface area contributed by atoms with Gasteiger partial charge in [0.15, 0.2) is 0 Å². The van der Waals surface area contributed by atoms with E-state index in [1.54, 1.807) is 18.2 Å². The fourth-order valence-electron chi connectivity index (χ4n) is 3.06. The number of nitrogens with zero attached hydrogens (tertiary/aromatic N) is 1. The Bertz CT molecular complexity index is 665. The summed E-state index contributed by atoms with van der Waals surface area (Å²) >= 11 is 0. The second-order valence-electron chi connectivity index (χ2n) is 5.65. The predicted molar refractivity (Wildman–Crippen MR) is 83.0 cm³/mol. The lowest BCUT2D eigenvalue weighted by Crippen LogP contribution is -2.45. The lowest BCUT2D eigenvalue weighted by Gasteiger charge is -2.35. The predicted octanol–water partition coefficient (Wildman–Crippen LogP) is 3.30. The molecule has 7 heteroatoms. The van der Waals surface area contributed by atoms with Gasteiger partial charge in [-0.05, 0) is 29.8 Å². The van der Waals surface area contributed by atoms with Crippen molar-refractivity contribution < 1.29 is 22.3 Å². The summed E-state index contributed by atoms with van der Waals surface area (Å²) in [5, 5.41) is 3.21. The topological polar surface area (TPSA) is 37.6 Å². The average Bonchev–Trinajstić information content (AvgIpc) is 3.09. The molecule has 2 aromatic rings. The van der Waals surface area contributed by atoms with E-state index in [-0.39, 0.29) is 11.3 Å². The van der Waals surface area contributed by atoms with Crippen LogP contribution in [0.2, 0.25) is 0 Å². The zero-order valence-corrected chi connectivity index (χ0v) is 13.3. The van der Waals surface area contributed by atoms with E-state index < -0.39 is 17.8 Å². The first-order chi connectivity index (χ1) is 11.5. The Hall–Kier alpha value is -1.99. The molecule has 0 aliphatic carbocycles. The molecule has 0 bridgehead atoms. The third-order valence-electron chi connectivity index (χ3n) is 4.19. The Kier molecular flexibility index (Phi) is 4.82. The van der Waals surface area contributed by atoms with Gasteiger partial charge in [0, 0.05) is 26.2 Å². The second-order valence-corrected chi connectivity index (χ2v) is 5.65. The van der Waals surface area contributed by atoms with Crippen LogP contribution < -0.4 is 10.1 Å². The van der Waals surface area contributed by atoms with Gasteiger partial charge in [-0.15, -0.1) is 0 Å². The number of rotatable bonds is 4. The maximum Gasteiger partial charge on any atom is 0.416 e. The van der Waals surface area contributed by atoms with Crippen LogP contribution in [0.3, 0.4) is 0 Å². The highest BCUT2D eigenvalue weighted by Gasteiger charge is 2.38. The Morgan fingerprint density at radius 1 is 1.21 bits per heavy atom. The lowest BCUT2D eigenvalue weighted by atomic mass is 9.95. The minimum Gasteiger partial charge on any atom is -0.497 e. The number of methoxy groups -OCH3 is 1. The van der Waals surface area contributed by atoms with Gasteiger partial charge in [0.05, 0.1) is 25.0 Å². The van der Waals surface area contributed by atoms with Crippen molar-refractivity contribution in [2.45, 2.75) is 12.2 Å². The molecule has 1 aliphatic rings. The van der Waals surface area contributed by atoms with Crippen molar-refractivity contribution in [1.29, 1.82) is 0 Å². The Labute approximate surface area is 138 Å². The minimum atomic E-state index is -4.47. The first-order valence-electron chi connectivity index (χ1n) is 7.74. The second kappa shape index (κ2) is 6.86. The molecular weight excluding hydrogens is 321 g/mol.